The number of benzene rings is 1. The predicted octanol–water partition coefficient (Wildman–Crippen LogP) is 4.17. The zero-order valence-corrected chi connectivity index (χ0v) is 20.5. The van der Waals surface area contributed by atoms with Crippen molar-refractivity contribution in [2.45, 2.75) is 43.0 Å². The maximum absolute atomic E-state index is 13.0. The Morgan fingerprint density at radius 3 is 2.41 bits per heavy atom. The highest BCUT2D eigenvalue weighted by molar-refractivity contribution is 7.90. The lowest BCUT2D eigenvalue weighted by Gasteiger charge is -2.31. The number of nitrogens with zero attached hydrogens (tertiary/aromatic N) is 2. The summed E-state index contributed by atoms with van der Waals surface area (Å²) in [5.74, 6) is 0.0221. The summed E-state index contributed by atoms with van der Waals surface area (Å²) in [7, 11) is -3.64. The lowest BCUT2D eigenvalue weighted by Crippen LogP contribution is -2.37. The molecular formula is C24H23F3N4O5S. The number of aliphatic hydroxyl groups excluding tert-OH is 1. The van der Waals surface area contributed by atoms with Crippen LogP contribution in [0.5, 0.6) is 5.75 Å². The Bertz CT molecular complexity index is 1420. The van der Waals surface area contributed by atoms with Gasteiger partial charge in [-0.2, -0.15) is 13.2 Å². The van der Waals surface area contributed by atoms with Crippen molar-refractivity contribution in [2.24, 2.45) is 0 Å². The molecule has 1 aromatic carbocycles. The number of hydrogen-bond donors (Lipinski definition) is 3. The molecule has 0 saturated heterocycles. The standard InChI is InChI=1S/C24H23F3N4O5S/c1-13(32)30-23-10-22(20(12-29-23)21-4-3-14(11-28-21)24(25,26)27)31-15-5-17(36-18-7-16(33)8-18)9-19(6-15)37(2,34)35/h3-6,9-12,16,18,33H,7-8H2,1-2H3,(H2,29,30,31,32). The number of halogens is 3. The summed E-state index contributed by atoms with van der Waals surface area (Å²) < 4.78 is 69.4. The molecule has 0 aliphatic heterocycles. The summed E-state index contributed by atoms with van der Waals surface area (Å²) in [5.41, 5.74) is 0.138. The highest BCUT2D eigenvalue weighted by Gasteiger charge is 2.31. The number of pyridine rings is 2. The van der Waals surface area contributed by atoms with E-state index in [9.17, 15) is 31.5 Å². The molecule has 0 radical (unpaired) electrons. The van der Waals surface area contributed by atoms with Gasteiger partial charge in [0.1, 0.15) is 17.7 Å². The van der Waals surface area contributed by atoms with Crippen LogP contribution in [0, 0.1) is 0 Å². The van der Waals surface area contributed by atoms with Crippen molar-refractivity contribution in [3.8, 4) is 17.0 Å². The molecule has 2 heterocycles. The van der Waals surface area contributed by atoms with Crippen molar-refractivity contribution in [3.05, 3.63) is 54.4 Å². The van der Waals surface area contributed by atoms with E-state index in [0.717, 1.165) is 12.3 Å². The van der Waals surface area contributed by atoms with E-state index in [-0.39, 0.29) is 28.3 Å². The summed E-state index contributed by atoms with van der Waals surface area (Å²) >= 11 is 0. The number of aromatic nitrogens is 2. The van der Waals surface area contributed by atoms with Crippen molar-refractivity contribution >= 4 is 32.9 Å². The molecule has 3 N–H and O–H groups in total. The molecule has 0 bridgehead atoms. The number of amides is 1. The molecule has 13 heteroatoms. The van der Waals surface area contributed by atoms with Crippen LogP contribution in [0.1, 0.15) is 25.3 Å². The van der Waals surface area contributed by atoms with E-state index in [2.05, 4.69) is 20.6 Å². The van der Waals surface area contributed by atoms with Crippen LogP contribution in [0.15, 0.2) is 53.7 Å². The Labute approximate surface area is 210 Å². The fraction of sp³-hybridized carbons (Fsp3) is 0.292. The van der Waals surface area contributed by atoms with Crippen LogP contribution in [0.3, 0.4) is 0 Å². The molecular weight excluding hydrogens is 513 g/mol. The van der Waals surface area contributed by atoms with E-state index in [1.807, 2.05) is 0 Å². The number of alkyl halides is 3. The van der Waals surface area contributed by atoms with Gasteiger partial charge in [-0.25, -0.2) is 13.4 Å². The Balaban J connectivity index is 1.74. The van der Waals surface area contributed by atoms with E-state index < -0.39 is 33.6 Å². The van der Waals surface area contributed by atoms with Gasteiger partial charge in [0.05, 0.1) is 27.9 Å². The number of carbonyl (C=O) groups is 1. The molecule has 3 aromatic rings. The highest BCUT2D eigenvalue weighted by Crippen LogP contribution is 2.36. The molecule has 1 saturated carbocycles. The van der Waals surface area contributed by atoms with Crippen LogP contribution < -0.4 is 15.4 Å². The molecule has 196 valence electrons. The van der Waals surface area contributed by atoms with Gasteiger partial charge in [-0.3, -0.25) is 9.78 Å². The normalized spacial score (nSPS) is 17.6. The molecule has 0 unspecified atom stereocenters. The van der Waals surface area contributed by atoms with Gasteiger partial charge in [-0.05, 0) is 24.3 Å². The van der Waals surface area contributed by atoms with Crippen molar-refractivity contribution in [1.82, 2.24) is 9.97 Å². The number of carbonyl (C=O) groups excluding carboxylic acids is 1. The Kier molecular flexibility index (Phi) is 7.11. The van der Waals surface area contributed by atoms with Crippen LogP contribution in [0.2, 0.25) is 0 Å². The Morgan fingerprint density at radius 1 is 1.11 bits per heavy atom. The first-order chi connectivity index (χ1) is 17.3. The molecule has 37 heavy (non-hydrogen) atoms. The zero-order chi connectivity index (χ0) is 27.0. The number of nitrogens with one attached hydrogen (secondary N) is 2. The first-order valence-corrected chi connectivity index (χ1v) is 13.0. The average Bonchev–Trinajstić information content (AvgIpc) is 2.77. The van der Waals surface area contributed by atoms with Gasteiger partial charge in [-0.15, -0.1) is 0 Å². The third-order valence-electron chi connectivity index (χ3n) is 5.53. The van der Waals surface area contributed by atoms with Gasteiger partial charge in [0, 0.05) is 61.8 Å². The molecule has 2 aromatic heterocycles. The molecule has 1 fully saturated rings. The molecule has 1 amide bonds. The summed E-state index contributed by atoms with van der Waals surface area (Å²) in [4.78, 5) is 19.6. The molecule has 1 aliphatic carbocycles. The van der Waals surface area contributed by atoms with Crippen LogP contribution >= 0.6 is 0 Å². The number of rotatable bonds is 7. The first kappa shape index (κ1) is 26.4. The quantitative estimate of drug-likeness (QED) is 0.410. The van der Waals surface area contributed by atoms with Crippen LogP contribution in [0.4, 0.5) is 30.4 Å². The van der Waals surface area contributed by atoms with E-state index in [1.165, 1.54) is 37.4 Å². The van der Waals surface area contributed by atoms with E-state index >= 15 is 0 Å². The van der Waals surface area contributed by atoms with Crippen molar-refractivity contribution in [3.63, 3.8) is 0 Å². The maximum atomic E-state index is 13.0. The smallest absolute Gasteiger partial charge is 0.417 e. The number of ether oxygens (including phenoxy) is 1. The van der Waals surface area contributed by atoms with Gasteiger partial charge in [-0.1, -0.05) is 0 Å². The summed E-state index contributed by atoms with van der Waals surface area (Å²) in [6, 6.07) is 7.83. The lowest BCUT2D eigenvalue weighted by molar-refractivity contribution is -0.137. The highest BCUT2D eigenvalue weighted by atomic mass is 32.2. The minimum atomic E-state index is -4.56. The monoisotopic (exact) mass is 536 g/mol. The second-order valence-corrected chi connectivity index (χ2v) is 10.7. The van der Waals surface area contributed by atoms with Gasteiger partial charge in [0.2, 0.25) is 5.91 Å². The fourth-order valence-electron chi connectivity index (χ4n) is 3.64. The van der Waals surface area contributed by atoms with Gasteiger partial charge < -0.3 is 20.5 Å². The van der Waals surface area contributed by atoms with E-state index in [1.54, 1.807) is 6.07 Å². The second kappa shape index (κ2) is 9.98. The molecule has 0 spiro atoms. The van der Waals surface area contributed by atoms with E-state index in [4.69, 9.17) is 4.74 Å². The van der Waals surface area contributed by atoms with Crippen LogP contribution in [0.25, 0.3) is 11.3 Å². The number of anilines is 3. The first-order valence-electron chi connectivity index (χ1n) is 11.1. The Hall–Kier alpha value is -3.71. The fourth-order valence-corrected chi connectivity index (χ4v) is 4.31. The second-order valence-electron chi connectivity index (χ2n) is 8.68. The third kappa shape index (κ3) is 6.54. The molecule has 1 aliphatic rings. The van der Waals surface area contributed by atoms with Crippen molar-refractivity contribution in [2.75, 3.05) is 16.9 Å². The lowest BCUT2D eigenvalue weighted by atomic mass is 9.92. The van der Waals surface area contributed by atoms with Crippen molar-refractivity contribution in [1.29, 1.82) is 0 Å². The van der Waals surface area contributed by atoms with Gasteiger partial charge >= 0.3 is 6.18 Å². The minimum Gasteiger partial charge on any atom is -0.490 e. The molecule has 9 nitrogen and oxygen atoms in total. The predicted molar refractivity (Wildman–Crippen MR) is 129 cm³/mol. The molecule has 4 rings (SSSR count). The maximum Gasteiger partial charge on any atom is 0.417 e. The number of sulfone groups is 1. The largest absolute Gasteiger partial charge is 0.490 e. The van der Waals surface area contributed by atoms with Gasteiger partial charge in [0.15, 0.2) is 9.84 Å². The van der Waals surface area contributed by atoms with Crippen LogP contribution in [-0.4, -0.2) is 47.9 Å². The summed E-state index contributed by atoms with van der Waals surface area (Å²) in [6.45, 7) is 1.29. The Morgan fingerprint density at radius 2 is 1.84 bits per heavy atom. The minimum absolute atomic E-state index is 0.0299. The van der Waals surface area contributed by atoms with Gasteiger partial charge in [0.25, 0.3) is 0 Å². The average molecular weight is 537 g/mol. The number of hydrogen-bond acceptors (Lipinski definition) is 8. The van der Waals surface area contributed by atoms with Crippen molar-refractivity contribution < 1.29 is 36.2 Å². The SMILES string of the molecule is CC(=O)Nc1cc(Nc2cc(OC3CC(O)C3)cc(S(C)(=O)=O)c2)c(-c2ccc(C(F)(F)F)cn2)cn1. The number of aliphatic hydroxyl groups is 1. The summed E-state index contributed by atoms with van der Waals surface area (Å²) in [6.07, 6.45) is -1.39. The summed E-state index contributed by atoms with van der Waals surface area (Å²) in [5, 5.41) is 15.1. The van der Waals surface area contributed by atoms with Crippen LogP contribution in [-0.2, 0) is 20.8 Å². The molecule has 0 atom stereocenters. The third-order valence-corrected chi connectivity index (χ3v) is 6.63. The topological polar surface area (TPSA) is 131 Å². The van der Waals surface area contributed by atoms with E-state index in [0.29, 0.717) is 36.0 Å². The zero-order valence-electron chi connectivity index (χ0n) is 19.7.